The molecule has 4 aromatic rings. The molecule has 1 fully saturated rings. The van der Waals surface area contributed by atoms with E-state index in [4.69, 9.17) is 13.9 Å². The zero-order valence-electron chi connectivity index (χ0n) is 22.6. The van der Waals surface area contributed by atoms with Crippen LogP contribution in [0.15, 0.2) is 75.9 Å². The fourth-order valence-electron chi connectivity index (χ4n) is 5.33. The molecule has 1 saturated carbocycles. The number of rotatable bonds is 4. The quantitative estimate of drug-likeness (QED) is 0.313. The molecule has 0 atom stereocenters. The molecule has 0 radical (unpaired) electrons. The third-order valence-electron chi connectivity index (χ3n) is 7.35. The van der Waals surface area contributed by atoms with Crippen molar-refractivity contribution < 1.29 is 23.5 Å². The molecule has 8 nitrogen and oxygen atoms in total. The van der Waals surface area contributed by atoms with Crippen molar-refractivity contribution in [2.75, 3.05) is 11.9 Å². The second kappa shape index (κ2) is 9.55. The van der Waals surface area contributed by atoms with Crippen molar-refractivity contribution in [2.24, 2.45) is 0 Å². The zero-order valence-corrected chi connectivity index (χ0v) is 22.6. The van der Waals surface area contributed by atoms with Crippen molar-refractivity contribution in [3.63, 3.8) is 0 Å². The van der Waals surface area contributed by atoms with Crippen LogP contribution in [0.1, 0.15) is 45.6 Å². The lowest BCUT2D eigenvalue weighted by molar-refractivity contribution is -0.118. The molecule has 8 heteroatoms. The van der Waals surface area contributed by atoms with Crippen LogP contribution in [0.3, 0.4) is 0 Å². The molecule has 204 valence electrons. The minimum absolute atomic E-state index is 0.154. The van der Waals surface area contributed by atoms with E-state index in [1.165, 1.54) is 0 Å². The minimum atomic E-state index is -0.591. The van der Waals surface area contributed by atoms with E-state index in [1.807, 2.05) is 75.4 Å². The van der Waals surface area contributed by atoms with Crippen molar-refractivity contribution in [1.82, 2.24) is 5.32 Å². The molecule has 0 unspecified atom stereocenters. The number of carbonyl (C=O) groups is 2. The topological polar surface area (TPSA) is 107 Å². The SMILES string of the molecule is CC(C)(C)OC(=O)NC1(c2ccc(-c3c(-c4ccccc4)oc4c5c(ccc4c3=O)NC(=O)CO5)cc2)CCC1. The predicted molar refractivity (Wildman–Crippen MR) is 152 cm³/mol. The number of nitrogens with one attached hydrogen (secondary N) is 2. The third kappa shape index (κ3) is 4.59. The number of hydrogen-bond acceptors (Lipinski definition) is 6. The van der Waals surface area contributed by atoms with Gasteiger partial charge in [0.25, 0.3) is 5.91 Å². The van der Waals surface area contributed by atoms with E-state index >= 15 is 0 Å². The maximum Gasteiger partial charge on any atom is 0.408 e. The van der Waals surface area contributed by atoms with E-state index in [9.17, 15) is 14.4 Å². The molecule has 6 rings (SSSR count). The zero-order chi connectivity index (χ0) is 28.1. The first-order chi connectivity index (χ1) is 19.1. The molecule has 1 aliphatic carbocycles. The van der Waals surface area contributed by atoms with Gasteiger partial charge in [-0.3, -0.25) is 9.59 Å². The van der Waals surface area contributed by atoms with Gasteiger partial charge >= 0.3 is 6.09 Å². The third-order valence-corrected chi connectivity index (χ3v) is 7.35. The van der Waals surface area contributed by atoms with Crippen LogP contribution in [0.25, 0.3) is 33.4 Å². The molecular weight excluding hydrogens is 508 g/mol. The van der Waals surface area contributed by atoms with Crippen LogP contribution in [-0.2, 0) is 15.1 Å². The summed E-state index contributed by atoms with van der Waals surface area (Å²) in [5.41, 5.74) is 2.26. The Morgan fingerprint density at radius 3 is 2.33 bits per heavy atom. The van der Waals surface area contributed by atoms with Crippen molar-refractivity contribution in [1.29, 1.82) is 0 Å². The summed E-state index contributed by atoms with van der Waals surface area (Å²) in [6.45, 7) is 5.36. The summed E-state index contributed by atoms with van der Waals surface area (Å²) in [6.07, 6.45) is 2.16. The Hall–Kier alpha value is -4.59. The number of alkyl carbamates (subject to hydrolysis) is 1. The van der Waals surface area contributed by atoms with E-state index in [-0.39, 0.29) is 23.5 Å². The highest BCUT2D eigenvalue weighted by molar-refractivity contribution is 6.02. The molecular formula is C32H30N2O6. The second-order valence-electron chi connectivity index (χ2n) is 11.3. The lowest BCUT2D eigenvalue weighted by Gasteiger charge is -2.43. The maximum absolute atomic E-state index is 14.0. The van der Waals surface area contributed by atoms with Gasteiger partial charge in [0, 0.05) is 5.56 Å². The van der Waals surface area contributed by atoms with E-state index in [0.717, 1.165) is 30.4 Å². The first-order valence-corrected chi connectivity index (χ1v) is 13.4. The summed E-state index contributed by atoms with van der Waals surface area (Å²) < 4.78 is 17.6. The number of carbonyl (C=O) groups excluding carboxylic acids is 2. The molecule has 2 heterocycles. The molecule has 2 aliphatic rings. The first-order valence-electron chi connectivity index (χ1n) is 13.4. The van der Waals surface area contributed by atoms with Gasteiger partial charge in [0.2, 0.25) is 5.43 Å². The van der Waals surface area contributed by atoms with Gasteiger partial charge in [-0.05, 0) is 63.3 Å². The minimum Gasteiger partial charge on any atom is -0.478 e. The molecule has 1 aromatic heterocycles. The molecule has 2 amide bonds. The Labute approximate surface area is 231 Å². The van der Waals surface area contributed by atoms with Crippen molar-refractivity contribution in [2.45, 2.75) is 51.2 Å². The van der Waals surface area contributed by atoms with Crippen LogP contribution in [0.5, 0.6) is 5.75 Å². The first kappa shape index (κ1) is 25.7. The summed E-state index contributed by atoms with van der Waals surface area (Å²) >= 11 is 0. The Morgan fingerprint density at radius 1 is 0.950 bits per heavy atom. The van der Waals surface area contributed by atoms with Crippen LogP contribution in [0, 0.1) is 0 Å². The summed E-state index contributed by atoms with van der Waals surface area (Å²) in [5, 5.41) is 6.21. The van der Waals surface area contributed by atoms with Gasteiger partial charge in [-0.15, -0.1) is 0 Å². The molecule has 2 N–H and O–H groups in total. The largest absolute Gasteiger partial charge is 0.478 e. The smallest absolute Gasteiger partial charge is 0.408 e. The Kier molecular flexibility index (Phi) is 6.13. The summed E-state index contributed by atoms with van der Waals surface area (Å²) in [7, 11) is 0. The monoisotopic (exact) mass is 538 g/mol. The number of hydrogen-bond donors (Lipinski definition) is 2. The van der Waals surface area contributed by atoms with Gasteiger partial charge < -0.3 is 24.5 Å². The van der Waals surface area contributed by atoms with E-state index in [2.05, 4.69) is 10.6 Å². The number of amides is 2. The molecule has 3 aromatic carbocycles. The lowest BCUT2D eigenvalue weighted by Crippen LogP contribution is -2.52. The Balaban J connectivity index is 1.45. The van der Waals surface area contributed by atoms with Crippen LogP contribution >= 0.6 is 0 Å². The van der Waals surface area contributed by atoms with Crippen LogP contribution in [0.4, 0.5) is 10.5 Å². The van der Waals surface area contributed by atoms with Gasteiger partial charge in [-0.1, -0.05) is 54.6 Å². The number of fused-ring (bicyclic) bond motifs is 3. The summed E-state index contributed by atoms with van der Waals surface area (Å²) in [4.78, 5) is 38.5. The highest BCUT2D eigenvalue weighted by Gasteiger charge is 2.41. The maximum atomic E-state index is 14.0. The van der Waals surface area contributed by atoms with E-state index in [1.54, 1.807) is 12.1 Å². The Morgan fingerprint density at radius 2 is 1.68 bits per heavy atom. The van der Waals surface area contributed by atoms with Crippen molar-refractivity contribution >= 4 is 28.7 Å². The molecule has 0 spiro atoms. The molecule has 0 saturated heterocycles. The Bertz CT molecular complexity index is 1680. The van der Waals surface area contributed by atoms with Gasteiger partial charge in [-0.2, -0.15) is 0 Å². The van der Waals surface area contributed by atoms with E-state index in [0.29, 0.717) is 33.7 Å². The van der Waals surface area contributed by atoms with Crippen molar-refractivity contribution in [3.8, 4) is 28.2 Å². The second-order valence-corrected chi connectivity index (χ2v) is 11.3. The highest BCUT2D eigenvalue weighted by Crippen LogP contribution is 2.43. The average molecular weight is 539 g/mol. The highest BCUT2D eigenvalue weighted by atomic mass is 16.6. The lowest BCUT2D eigenvalue weighted by atomic mass is 9.71. The molecule has 40 heavy (non-hydrogen) atoms. The van der Waals surface area contributed by atoms with Crippen molar-refractivity contribution in [3.05, 3.63) is 82.5 Å². The van der Waals surface area contributed by atoms with Crippen LogP contribution in [-0.4, -0.2) is 24.2 Å². The molecule has 1 aliphatic heterocycles. The van der Waals surface area contributed by atoms with Crippen LogP contribution < -0.4 is 20.8 Å². The summed E-state index contributed by atoms with van der Waals surface area (Å²) in [6, 6.07) is 20.4. The standard InChI is InChI=1S/C32H30N2O6/c1-31(2,3)40-30(37)34-32(16-7-17-32)21-12-10-19(11-13-21)25-26(36)22-14-15-23-29(38-18-24(35)33-23)28(22)39-27(25)20-8-5-4-6-9-20/h4-6,8-15H,7,16-18H2,1-3H3,(H,33,35)(H,34,37). The fraction of sp³-hybridized carbons (Fsp3) is 0.281. The molecule has 0 bridgehead atoms. The van der Waals surface area contributed by atoms with Crippen LogP contribution in [0.2, 0.25) is 0 Å². The fourth-order valence-corrected chi connectivity index (χ4v) is 5.33. The van der Waals surface area contributed by atoms with Gasteiger partial charge in [-0.25, -0.2) is 4.79 Å². The number of benzene rings is 3. The predicted octanol–water partition coefficient (Wildman–Crippen LogP) is 6.36. The normalized spacial score (nSPS) is 15.8. The number of anilines is 1. The van der Waals surface area contributed by atoms with E-state index < -0.39 is 17.2 Å². The van der Waals surface area contributed by atoms with Gasteiger partial charge in [0.15, 0.2) is 17.9 Å². The average Bonchev–Trinajstić information content (AvgIpc) is 2.90. The van der Waals surface area contributed by atoms with Gasteiger partial charge in [0.1, 0.15) is 11.4 Å². The number of ether oxygens (including phenoxy) is 2. The van der Waals surface area contributed by atoms with Gasteiger partial charge in [0.05, 0.1) is 22.2 Å². The summed E-state index contributed by atoms with van der Waals surface area (Å²) in [5.74, 6) is 0.484.